The summed E-state index contributed by atoms with van der Waals surface area (Å²) < 4.78 is 0. The topological polar surface area (TPSA) is 100 Å². The maximum absolute atomic E-state index is 12.0. The number of aromatic amines is 1. The number of anilines is 1. The summed E-state index contributed by atoms with van der Waals surface area (Å²) in [5.41, 5.74) is 3.89. The smallest absolute Gasteiger partial charge is 0.304 e. The Balaban J connectivity index is 2.11. The Bertz CT molecular complexity index is 652. The molecular weight excluding hydrogens is 288 g/mol. The van der Waals surface area contributed by atoms with Crippen LogP contribution >= 0.6 is 22.9 Å². The molecule has 0 radical (unpaired) electrons. The predicted molar refractivity (Wildman–Crippen MR) is 75.4 cm³/mol. The van der Waals surface area contributed by atoms with E-state index in [1.807, 2.05) is 0 Å². The van der Waals surface area contributed by atoms with E-state index >= 15 is 0 Å². The van der Waals surface area contributed by atoms with Crippen LogP contribution in [-0.2, 0) is 6.54 Å². The number of nitrogen functional groups attached to an aromatic ring is 1. The van der Waals surface area contributed by atoms with E-state index in [-0.39, 0.29) is 17.3 Å². The van der Waals surface area contributed by atoms with Crippen molar-refractivity contribution < 1.29 is 4.79 Å². The molecule has 8 heteroatoms. The van der Waals surface area contributed by atoms with Crippen LogP contribution in [0.1, 0.15) is 16.1 Å². The molecule has 0 bridgehead atoms. The molecule has 0 saturated carbocycles. The van der Waals surface area contributed by atoms with Gasteiger partial charge in [-0.25, -0.2) is 0 Å². The van der Waals surface area contributed by atoms with Gasteiger partial charge in [-0.05, 0) is 18.2 Å². The van der Waals surface area contributed by atoms with Crippen LogP contribution in [0.4, 0.5) is 5.69 Å². The van der Waals surface area contributed by atoms with Crippen LogP contribution in [0, 0.1) is 0 Å². The summed E-state index contributed by atoms with van der Waals surface area (Å²) in [5.74, 6) is 5.00. The maximum atomic E-state index is 12.0. The molecule has 19 heavy (non-hydrogen) atoms. The molecule has 0 spiro atoms. The van der Waals surface area contributed by atoms with E-state index in [0.717, 1.165) is 11.3 Å². The number of hydrogen-bond acceptors (Lipinski definition) is 5. The number of hydrogen-bond donors (Lipinski definition) is 4. The first-order valence-electron chi connectivity index (χ1n) is 5.31. The zero-order valence-electron chi connectivity index (χ0n) is 9.70. The summed E-state index contributed by atoms with van der Waals surface area (Å²) in [7, 11) is 0. The van der Waals surface area contributed by atoms with Crippen molar-refractivity contribution in [3.05, 3.63) is 49.5 Å². The number of rotatable bonds is 4. The summed E-state index contributed by atoms with van der Waals surface area (Å²) in [6.07, 6.45) is 0. The minimum absolute atomic E-state index is 0.156. The third-order valence-electron chi connectivity index (χ3n) is 2.39. The van der Waals surface area contributed by atoms with Gasteiger partial charge in [-0.2, -0.15) is 0 Å². The van der Waals surface area contributed by atoms with Gasteiger partial charge in [0.05, 0.1) is 17.8 Å². The molecule has 2 aromatic rings. The Hall–Kier alpha value is -1.83. The van der Waals surface area contributed by atoms with E-state index in [9.17, 15) is 9.59 Å². The van der Waals surface area contributed by atoms with Crippen LogP contribution in [0.5, 0.6) is 0 Å². The average molecular weight is 299 g/mol. The highest BCUT2D eigenvalue weighted by Crippen LogP contribution is 2.19. The molecule has 0 fully saturated rings. The van der Waals surface area contributed by atoms with Crippen LogP contribution in [0.15, 0.2) is 28.4 Å². The first kappa shape index (κ1) is 13.6. The normalized spacial score (nSPS) is 10.2. The lowest BCUT2D eigenvalue weighted by Crippen LogP contribution is -2.25. The second-order valence-corrected chi connectivity index (χ2v) is 4.97. The standard InChI is InChI=1S/C11H11ClN4O2S/c12-6-1-2-9(16-13)8(3-6)10(17)14-4-7-5-19-11(18)15-7/h1-3,5,16H,4,13H2,(H,14,17)(H,15,18). The zero-order chi connectivity index (χ0) is 13.8. The van der Waals surface area contributed by atoms with Gasteiger partial charge in [0.25, 0.3) is 5.91 Å². The van der Waals surface area contributed by atoms with E-state index in [4.69, 9.17) is 17.4 Å². The van der Waals surface area contributed by atoms with E-state index in [0.29, 0.717) is 22.0 Å². The van der Waals surface area contributed by atoms with E-state index in [1.54, 1.807) is 17.5 Å². The fraction of sp³-hybridized carbons (Fsp3) is 0.0909. The van der Waals surface area contributed by atoms with Crippen LogP contribution in [0.25, 0.3) is 0 Å². The zero-order valence-corrected chi connectivity index (χ0v) is 11.3. The Kier molecular flexibility index (Phi) is 4.20. The summed E-state index contributed by atoms with van der Waals surface area (Å²) in [4.78, 5) is 25.4. The fourth-order valence-electron chi connectivity index (χ4n) is 1.50. The van der Waals surface area contributed by atoms with Gasteiger partial charge < -0.3 is 15.7 Å². The number of carbonyl (C=O) groups excluding carboxylic acids is 1. The van der Waals surface area contributed by atoms with Gasteiger partial charge in [0.1, 0.15) is 0 Å². The quantitative estimate of drug-likeness (QED) is 0.505. The number of aromatic nitrogens is 1. The Labute approximate surface area is 117 Å². The van der Waals surface area contributed by atoms with Crippen molar-refractivity contribution in [2.24, 2.45) is 5.84 Å². The molecule has 0 aliphatic carbocycles. The van der Waals surface area contributed by atoms with Crippen molar-refractivity contribution in [3.63, 3.8) is 0 Å². The highest BCUT2D eigenvalue weighted by molar-refractivity contribution is 7.07. The molecule has 5 N–H and O–H groups in total. The molecule has 2 rings (SSSR count). The number of hydrazine groups is 1. The molecule has 1 aromatic carbocycles. The Morgan fingerprint density at radius 1 is 1.47 bits per heavy atom. The van der Waals surface area contributed by atoms with E-state index in [1.165, 1.54) is 6.07 Å². The van der Waals surface area contributed by atoms with Crippen LogP contribution in [0.2, 0.25) is 5.02 Å². The van der Waals surface area contributed by atoms with Crippen LogP contribution in [-0.4, -0.2) is 10.9 Å². The summed E-state index contributed by atoms with van der Waals surface area (Å²) in [6.45, 7) is 0.230. The summed E-state index contributed by atoms with van der Waals surface area (Å²) >= 11 is 6.89. The van der Waals surface area contributed by atoms with Crippen molar-refractivity contribution in [1.82, 2.24) is 10.3 Å². The maximum Gasteiger partial charge on any atom is 0.304 e. The first-order chi connectivity index (χ1) is 9.10. The molecule has 0 aliphatic rings. The summed E-state index contributed by atoms with van der Waals surface area (Å²) in [6, 6.07) is 4.76. The van der Waals surface area contributed by atoms with Crippen molar-refractivity contribution in [2.45, 2.75) is 6.54 Å². The van der Waals surface area contributed by atoms with Gasteiger partial charge in [0, 0.05) is 16.1 Å². The van der Waals surface area contributed by atoms with Crippen LogP contribution in [0.3, 0.4) is 0 Å². The molecule has 0 aliphatic heterocycles. The number of benzene rings is 1. The minimum Gasteiger partial charge on any atom is -0.346 e. The molecule has 1 heterocycles. The van der Waals surface area contributed by atoms with Gasteiger partial charge in [0.2, 0.25) is 0 Å². The highest BCUT2D eigenvalue weighted by Gasteiger charge is 2.11. The van der Waals surface area contributed by atoms with Gasteiger partial charge >= 0.3 is 4.87 Å². The SMILES string of the molecule is NNc1ccc(Cl)cc1C(=O)NCc1csc(=O)[nH]1. The Morgan fingerprint density at radius 3 is 2.89 bits per heavy atom. The molecule has 100 valence electrons. The third-order valence-corrected chi connectivity index (χ3v) is 3.35. The summed E-state index contributed by atoms with van der Waals surface area (Å²) in [5, 5.41) is 4.77. The minimum atomic E-state index is -0.331. The number of nitrogens with two attached hydrogens (primary N) is 1. The van der Waals surface area contributed by atoms with Gasteiger partial charge in [0.15, 0.2) is 0 Å². The van der Waals surface area contributed by atoms with Gasteiger partial charge in [-0.1, -0.05) is 22.9 Å². The van der Waals surface area contributed by atoms with E-state index < -0.39 is 0 Å². The van der Waals surface area contributed by atoms with Crippen LogP contribution < -0.4 is 21.5 Å². The fourth-order valence-corrected chi connectivity index (χ4v) is 2.26. The lowest BCUT2D eigenvalue weighted by molar-refractivity contribution is 0.0951. The molecule has 6 nitrogen and oxygen atoms in total. The van der Waals surface area contributed by atoms with Gasteiger partial charge in [-0.3, -0.25) is 15.4 Å². The molecular formula is C11H11ClN4O2S. The number of amides is 1. The lowest BCUT2D eigenvalue weighted by atomic mass is 10.1. The largest absolute Gasteiger partial charge is 0.346 e. The monoisotopic (exact) mass is 298 g/mol. The van der Waals surface area contributed by atoms with Crippen molar-refractivity contribution in [3.8, 4) is 0 Å². The number of thiazole rings is 1. The second-order valence-electron chi connectivity index (χ2n) is 3.69. The lowest BCUT2D eigenvalue weighted by Gasteiger charge is -2.09. The predicted octanol–water partition coefficient (Wildman–Crippen LogP) is 1.31. The second kappa shape index (κ2) is 5.87. The number of H-pyrrole nitrogens is 1. The third kappa shape index (κ3) is 3.34. The molecule has 1 aromatic heterocycles. The highest BCUT2D eigenvalue weighted by atomic mass is 35.5. The van der Waals surface area contributed by atoms with Crippen molar-refractivity contribution in [2.75, 3.05) is 5.43 Å². The molecule has 0 saturated heterocycles. The number of halogens is 1. The van der Waals surface area contributed by atoms with Crippen molar-refractivity contribution >= 4 is 34.5 Å². The molecule has 0 unspecified atom stereocenters. The first-order valence-corrected chi connectivity index (χ1v) is 6.57. The number of carbonyl (C=O) groups is 1. The number of nitrogens with one attached hydrogen (secondary N) is 3. The average Bonchev–Trinajstić information content (AvgIpc) is 2.81. The Morgan fingerprint density at radius 2 is 2.26 bits per heavy atom. The molecule has 0 atom stereocenters. The van der Waals surface area contributed by atoms with E-state index in [2.05, 4.69) is 15.7 Å². The van der Waals surface area contributed by atoms with Crippen molar-refractivity contribution in [1.29, 1.82) is 0 Å². The van der Waals surface area contributed by atoms with Gasteiger partial charge in [-0.15, -0.1) is 0 Å². The molecule has 1 amide bonds.